The van der Waals surface area contributed by atoms with Crippen LogP contribution in [0.1, 0.15) is 19.5 Å². The summed E-state index contributed by atoms with van der Waals surface area (Å²) >= 11 is 3.49. The summed E-state index contributed by atoms with van der Waals surface area (Å²) in [6, 6.07) is 0. The molecule has 5 heteroatoms. The first-order valence-corrected chi connectivity index (χ1v) is 6.18. The number of aryl methyl sites for hydroxylation is 1. The second-order valence-electron chi connectivity index (χ2n) is 4.91. The van der Waals surface area contributed by atoms with Crippen LogP contribution < -0.4 is 5.32 Å². The van der Waals surface area contributed by atoms with Gasteiger partial charge in [-0.25, -0.2) is 0 Å². The van der Waals surface area contributed by atoms with Gasteiger partial charge in [0, 0.05) is 31.9 Å². The van der Waals surface area contributed by atoms with Gasteiger partial charge in [0.1, 0.15) is 0 Å². The highest BCUT2D eigenvalue weighted by Gasteiger charge is 2.19. The summed E-state index contributed by atoms with van der Waals surface area (Å²) in [5, 5.41) is 7.80. The highest BCUT2D eigenvalue weighted by Crippen LogP contribution is 2.14. The molecule has 16 heavy (non-hydrogen) atoms. The number of nitrogens with one attached hydrogen (secondary N) is 1. The van der Waals surface area contributed by atoms with Crippen LogP contribution in [0.15, 0.2) is 10.7 Å². The highest BCUT2D eigenvalue weighted by molar-refractivity contribution is 9.10. The van der Waals surface area contributed by atoms with Gasteiger partial charge in [0.05, 0.1) is 10.2 Å². The van der Waals surface area contributed by atoms with Crippen LogP contribution >= 0.6 is 15.9 Å². The van der Waals surface area contributed by atoms with Crippen LogP contribution in [0.3, 0.4) is 0 Å². The summed E-state index contributed by atoms with van der Waals surface area (Å²) in [5.41, 5.74) is 1.21. The molecule has 1 aromatic rings. The number of hydrogen-bond donors (Lipinski definition) is 1. The molecule has 0 aliphatic heterocycles. The SMILES string of the molecule is CN(C)C(C)(C)CNCc1nn(C)cc1Br. The standard InChI is InChI=1S/C11H21BrN4/c1-11(2,15(3)4)8-13-6-10-9(12)7-16(5)14-10/h7,13H,6,8H2,1-5H3. The third kappa shape index (κ3) is 3.57. The zero-order valence-corrected chi connectivity index (χ0v) is 12.3. The first kappa shape index (κ1) is 13.7. The lowest BCUT2D eigenvalue weighted by Crippen LogP contribution is -2.46. The molecule has 0 radical (unpaired) electrons. The molecule has 0 unspecified atom stereocenters. The summed E-state index contributed by atoms with van der Waals surface area (Å²) < 4.78 is 2.88. The van der Waals surface area contributed by atoms with Crippen LogP contribution in [0.4, 0.5) is 0 Å². The van der Waals surface area contributed by atoms with Crippen LogP contribution in [0.25, 0.3) is 0 Å². The Hall–Kier alpha value is -0.390. The molecule has 1 N–H and O–H groups in total. The van der Waals surface area contributed by atoms with Gasteiger partial charge in [-0.05, 0) is 43.9 Å². The fraction of sp³-hybridized carbons (Fsp3) is 0.727. The van der Waals surface area contributed by atoms with Gasteiger partial charge in [0.15, 0.2) is 0 Å². The minimum atomic E-state index is 0.154. The van der Waals surface area contributed by atoms with Gasteiger partial charge in [-0.2, -0.15) is 5.10 Å². The van der Waals surface area contributed by atoms with Crippen molar-refractivity contribution in [2.45, 2.75) is 25.9 Å². The Morgan fingerprint density at radius 1 is 1.50 bits per heavy atom. The van der Waals surface area contributed by atoms with E-state index in [1.54, 1.807) is 0 Å². The van der Waals surface area contributed by atoms with Gasteiger partial charge in [0.2, 0.25) is 0 Å². The van der Waals surface area contributed by atoms with Crippen molar-refractivity contribution < 1.29 is 0 Å². The molecule has 1 aromatic heterocycles. The third-order valence-corrected chi connectivity index (χ3v) is 3.58. The molecule has 0 atom stereocenters. The number of likely N-dealkylation sites (N-methyl/N-ethyl adjacent to an activating group) is 1. The summed E-state index contributed by atoms with van der Waals surface area (Å²) in [7, 11) is 6.12. The molecule has 92 valence electrons. The number of aromatic nitrogens is 2. The fourth-order valence-electron chi connectivity index (χ4n) is 1.27. The molecule has 0 spiro atoms. The van der Waals surface area contributed by atoms with Crippen LogP contribution in [0, 0.1) is 0 Å². The minimum absolute atomic E-state index is 0.154. The Bertz CT molecular complexity index is 344. The Kier molecular flexibility index (Phi) is 4.52. The summed E-state index contributed by atoms with van der Waals surface area (Å²) in [6.45, 7) is 6.16. The topological polar surface area (TPSA) is 33.1 Å². The maximum Gasteiger partial charge on any atom is 0.0904 e. The third-order valence-electron chi connectivity index (χ3n) is 2.92. The molecule has 0 aliphatic carbocycles. The maximum absolute atomic E-state index is 4.37. The predicted octanol–water partition coefficient (Wildman–Crippen LogP) is 1.61. The van der Waals surface area contributed by atoms with E-state index in [9.17, 15) is 0 Å². The number of hydrogen-bond acceptors (Lipinski definition) is 3. The smallest absolute Gasteiger partial charge is 0.0904 e. The maximum atomic E-state index is 4.37. The van der Waals surface area contributed by atoms with Gasteiger partial charge >= 0.3 is 0 Å². The van der Waals surface area contributed by atoms with Crippen molar-refractivity contribution in [3.63, 3.8) is 0 Å². The average Bonchev–Trinajstić information content (AvgIpc) is 2.44. The largest absolute Gasteiger partial charge is 0.309 e. The average molecular weight is 289 g/mol. The first-order chi connectivity index (χ1) is 7.33. The van der Waals surface area contributed by atoms with Crippen molar-refractivity contribution in [3.8, 4) is 0 Å². The monoisotopic (exact) mass is 288 g/mol. The predicted molar refractivity (Wildman–Crippen MR) is 70.4 cm³/mol. The molecular formula is C11H21BrN4. The Balaban J connectivity index is 2.44. The number of rotatable bonds is 5. The lowest BCUT2D eigenvalue weighted by molar-refractivity contribution is 0.189. The molecule has 0 saturated carbocycles. The zero-order valence-electron chi connectivity index (χ0n) is 10.7. The highest BCUT2D eigenvalue weighted by atomic mass is 79.9. The molecule has 0 aliphatic rings. The van der Waals surface area contributed by atoms with Gasteiger partial charge in [-0.1, -0.05) is 0 Å². The van der Waals surface area contributed by atoms with Gasteiger partial charge in [-0.15, -0.1) is 0 Å². The fourth-order valence-corrected chi connectivity index (χ4v) is 1.79. The van der Waals surface area contributed by atoms with Gasteiger partial charge in [-0.3, -0.25) is 4.68 Å². The summed E-state index contributed by atoms with van der Waals surface area (Å²) in [5.74, 6) is 0. The van der Waals surface area contributed by atoms with Crippen molar-refractivity contribution in [2.24, 2.45) is 7.05 Å². The number of halogens is 1. The first-order valence-electron chi connectivity index (χ1n) is 5.39. The van der Waals surface area contributed by atoms with Crippen LogP contribution in [-0.4, -0.2) is 40.9 Å². The summed E-state index contributed by atoms with van der Waals surface area (Å²) in [4.78, 5) is 2.22. The minimum Gasteiger partial charge on any atom is -0.309 e. The van der Waals surface area contributed by atoms with Crippen LogP contribution in [0.5, 0.6) is 0 Å². The number of nitrogens with zero attached hydrogens (tertiary/aromatic N) is 3. The molecule has 0 amide bonds. The van der Waals surface area contributed by atoms with Gasteiger partial charge < -0.3 is 10.2 Å². The Morgan fingerprint density at radius 2 is 2.12 bits per heavy atom. The molecular weight excluding hydrogens is 268 g/mol. The normalized spacial score (nSPS) is 12.4. The molecule has 0 aromatic carbocycles. The lowest BCUT2D eigenvalue weighted by Gasteiger charge is -2.32. The van der Waals surface area contributed by atoms with E-state index >= 15 is 0 Å². The molecule has 0 bridgehead atoms. The van der Waals surface area contributed by atoms with Crippen molar-refractivity contribution in [1.82, 2.24) is 20.0 Å². The van der Waals surface area contributed by atoms with Crippen LogP contribution in [-0.2, 0) is 13.6 Å². The van der Waals surface area contributed by atoms with E-state index < -0.39 is 0 Å². The second kappa shape index (κ2) is 5.29. The van der Waals surface area contributed by atoms with E-state index in [0.29, 0.717) is 0 Å². The summed E-state index contributed by atoms with van der Waals surface area (Å²) in [6.07, 6.45) is 1.97. The molecule has 1 rings (SSSR count). The Labute approximate surface area is 106 Å². The van der Waals surface area contributed by atoms with E-state index in [-0.39, 0.29) is 5.54 Å². The zero-order chi connectivity index (χ0) is 12.3. The second-order valence-corrected chi connectivity index (χ2v) is 5.76. The van der Waals surface area contributed by atoms with E-state index in [1.165, 1.54) is 0 Å². The molecule has 4 nitrogen and oxygen atoms in total. The quantitative estimate of drug-likeness (QED) is 0.894. The van der Waals surface area contributed by atoms with Gasteiger partial charge in [0.25, 0.3) is 0 Å². The van der Waals surface area contributed by atoms with Crippen molar-refractivity contribution in [3.05, 3.63) is 16.4 Å². The lowest BCUT2D eigenvalue weighted by atomic mass is 10.0. The Morgan fingerprint density at radius 3 is 2.56 bits per heavy atom. The van der Waals surface area contributed by atoms with E-state index in [2.05, 4.69) is 59.2 Å². The van der Waals surface area contributed by atoms with Crippen molar-refractivity contribution >= 4 is 15.9 Å². The molecule has 0 saturated heterocycles. The van der Waals surface area contributed by atoms with Crippen molar-refractivity contribution in [1.29, 1.82) is 0 Å². The molecule has 1 heterocycles. The molecule has 0 fully saturated rings. The van der Waals surface area contributed by atoms with E-state index in [4.69, 9.17) is 0 Å². The van der Waals surface area contributed by atoms with Crippen LogP contribution in [0.2, 0.25) is 0 Å². The van der Waals surface area contributed by atoms with E-state index in [0.717, 1.165) is 23.3 Å². The van der Waals surface area contributed by atoms with E-state index in [1.807, 2.05) is 17.9 Å². The van der Waals surface area contributed by atoms with Crippen molar-refractivity contribution in [2.75, 3.05) is 20.6 Å².